The van der Waals surface area contributed by atoms with Crippen LogP contribution in [-0.2, 0) is 20.7 Å². The number of nitrogens with zero attached hydrogens (tertiary/aromatic N) is 2. The van der Waals surface area contributed by atoms with Crippen LogP contribution in [0.2, 0.25) is 5.02 Å². The van der Waals surface area contributed by atoms with Crippen molar-refractivity contribution in [2.24, 2.45) is 0 Å². The Kier molecular flexibility index (Phi) is 5.39. The largest absolute Gasteiger partial charge is 0.469 e. The minimum atomic E-state index is -0.524. The van der Waals surface area contributed by atoms with Crippen molar-refractivity contribution < 1.29 is 19.1 Å². The van der Waals surface area contributed by atoms with Gasteiger partial charge in [-0.05, 0) is 38.1 Å². The van der Waals surface area contributed by atoms with Gasteiger partial charge in [0.05, 0.1) is 31.5 Å². The van der Waals surface area contributed by atoms with Crippen LogP contribution in [0, 0.1) is 6.92 Å². The van der Waals surface area contributed by atoms with Crippen LogP contribution in [0.25, 0.3) is 5.69 Å². The van der Waals surface area contributed by atoms with E-state index in [-0.39, 0.29) is 18.7 Å². The molecule has 0 spiro atoms. The maximum Gasteiger partial charge on any atom is 0.359 e. The third-order valence-corrected chi connectivity index (χ3v) is 3.58. The highest BCUT2D eigenvalue weighted by molar-refractivity contribution is 6.30. The first-order valence-electron chi connectivity index (χ1n) is 7.06. The highest BCUT2D eigenvalue weighted by Gasteiger charge is 2.23. The maximum absolute atomic E-state index is 12.0. The van der Waals surface area contributed by atoms with Crippen molar-refractivity contribution >= 4 is 23.5 Å². The summed E-state index contributed by atoms with van der Waals surface area (Å²) in [4.78, 5) is 23.7. The van der Waals surface area contributed by atoms with Gasteiger partial charge in [-0.2, -0.15) is 5.10 Å². The van der Waals surface area contributed by atoms with Gasteiger partial charge in [0.25, 0.3) is 0 Å². The molecule has 6 nitrogen and oxygen atoms in total. The maximum atomic E-state index is 12.0. The molecule has 7 heteroatoms. The van der Waals surface area contributed by atoms with Crippen molar-refractivity contribution in [1.82, 2.24) is 9.78 Å². The molecule has 0 atom stereocenters. The molecule has 122 valence electrons. The lowest BCUT2D eigenvalue weighted by molar-refractivity contribution is -0.139. The van der Waals surface area contributed by atoms with E-state index in [0.717, 1.165) is 0 Å². The first kappa shape index (κ1) is 17.0. The van der Waals surface area contributed by atoms with Crippen LogP contribution in [0.4, 0.5) is 0 Å². The topological polar surface area (TPSA) is 70.4 Å². The Hall–Kier alpha value is -2.34. The number of carbonyl (C=O) groups is 2. The number of benzene rings is 1. The lowest BCUT2D eigenvalue weighted by atomic mass is 10.1. The Morgan fingerprint density at radius 2 is 1.91 bits per heavy atom. The van der Waals surface area contributed by atoms with Crippen molar-refractivity contribution in [2.45, 2.75) is 20.3 Å². The number of esters is 2. The van der Waals surface area contributed by atoms with Crippen LogP contribution in [-0.4, -0.2) is 35.4 Å². The molecule has 2 aromatic rings. The van der Waals surface area contributed by atoms with Gasteiger partial charge in [-0.25, -0.2) is 9.48 Å². The molecule has 0 amide bonds. The van der Waals surface area contributed by atoms with E-state index >= 15 is 0 Å². The van der Waals surface area contributed by atoms with Crippen LogP contribution in [0.15, 0.2) is 24.3 Å². The summed E-state index contributed by atoms with van der Waals surface area (Å²) < 4.78 is 11.3. The third kappa shape index (κ3) is 3.71. The van der Waals surface area contributed by atoms with E-state index in [4.69, 9.17) is 21.1 Å². The molecule has 2 rings (SSSR count). The molecule has 0 bridgehead atoms. The highest BCUT2D eigenvalue weighted by atomic mass is 35.5. The van der Waals surface area contributed by atoms with Gasteiger partial charge in [0.1, 0.15) is 0 Å². The van der Waals surface area contributed by atoms with Gasteiger partial charge in [0, 0.05) is 10.6 Å². The second-order valence-electron chi connectivity index (χ2n) is 4.78. The van der Waals surface area contributed by atoms with E-state index in [2.05, 4.69) is 5.10 Å². The van der Waals surface area contributed by atoms with Crippen LogP contribution < -0.4 is 0 Å². The summed E-state index contributed by atoms with van der Waals surface area (Å²) in [6, 6.07) is 6.93. The Balaban J connectivity index is 2.54. The fourth-order valence-corrected chi connectivity index (χ4v) is 2.26. The molecule has 1 aromatic carbocycles. The van der Waals surface area contributed by atoms with Crippen molar-refractivity contribution in [2.75, 3.05) is 13.7 Å². The zero-order valence-electron chi connectivity index (χ0n) is 13.1. The van der Waals surface area contributed by atoms with Gasteiger partial charge in [0.2, 0.25) is 0 Å². The Bertz CT molecular complexity index is 722. The van der Waals surface area contributed by atoms with Gasteiger partial charge >= 0.3 is 11.9 Å². The van der Waals surface area contributed by atoms with E-state index in [1.165, 1.54) is 11.8 Å². The van der Waals surface area contributed by atoms with E-state index in [9.17, 15) is 9.59 Å². The van der Waals surface area contributed by atoms with Gasteiger partial charge < -0.3 is 9.47 Å². The lowest BCUT2D eigenvalue weighted by Crippen LogP contribution is -2.11. The quantitative estimate of drug-likeness (QED) is 0.785. The average molecular weight is 337 g/mol. The molecule has 0 radical (unpaired) electrons. The zero-order valence-corrected chi connectivity index (χ0v) is 13.9. The first-order valence-corrected chi connectivity index (χ1v) is 7.44. The number of rotatable bonds is 5. The van der Waals surface area contributed by atoms with Crippen LogP contribution in [0.5, 0.6) is 0 Å². The van der Waals surface area contributed by atoms with Gasteiger partial charge in [-0.3, -0.25) is 4.79 Å². The van der Waals surface area contributed by atoms with Crippen LogP contribution in [0.3, 0.4) is 0 Å². The van der Waals surface area contributed by atoms with Crippen molar-refractivity contribution in [1.29, 1.82) is 0 Å². The molecule has 0 fully saturated rings. The number of carbonyl (C=O) groups excluding carboxylic acids is 2. The summed E-state index contributed by atoms with van der Waals surface area (Å²) in [6.45, 7) is 3.70. The molecule has 0 aliphatic carbocycles. The number of methoxy groups -OCH3 is 1. The normalized spacial score (nSPS) is 10.4. The predicted molar refractivity (Wildman–Crippen MR) is 85.0 cm³/mol. The van der Waals surface area contributed by atoms with Gasteiger partial charge in [-0.1, -0.05) is 11.6 Å². The fourth-order valence-electron chi connectivity index (χ4n) is 2.14. The molecule has 0 aliphatic rings. The Labute approximate surface area is 139 Å². The standard InChI is InChI=1S/C16H17ClN2O4/c1-4-23-16(21)15-10(2)13(9-14(20)22-3)19(18-15)12-7-5-11(17)6-8-12/h5-8H,4,9H2,1-3H3. The van der Waals surface area contributed by atoms with Gasteiger partial charge in [-0.15, -0.1) is 0 Å². The molecule has 23 heavy (non-hydrogen) atoms. The second-order valence-corrected chi connectivity index (χ2v) is 5.22. The smallest absolute Gasteiger partial charge is 0.359 e. The molecule has 0 N–H and O–H groups in total. The molecule has 0 saturated heterocycles. The van der Waals surface area contributed by atoms with E-state index in [1.54, 1.807) is 38.1 Å². The summed E-state index contributed by atoms with van der Waals surface area (Å²) in [5.74, 6) is -0.942. The first-order chi connectivity index (χ1) is 11.0. The molecule has 0 aliphatic heterocycles. The number of halogens is 1. The molecule has 0 saturated carbocycles. The highest BCUT2D eigenvalue weighted by Crippen LogP contribution is 2.21. The molecule has 1 heterocycles. The fraction of sp³-hybridized carbons (Fsp3) is 0.312. The average Bonchev–Trinajstić information content (AvgIpc) is 2.85. The molecule has 1 aromatic heterocycles. The molecular formula is C16H17ClN2O4. The molecular weight excluding hydrogens is 320 g/mol. The number of aromatic nitrogens is 2. The van der Waals surface area contributed by atoms with E-state index in [1.807, 2.05) is 0 Å². The number of ether oxygens (including phenoxy) is 2. The zero-order chi connectivity index (χ0) is 17.0. The summed E-state index contributed by atoms with van der Waals surface area (Å²) >= 11 is 5.90. The Morgan fingerprint density at radius 1 is 1.26 bits per heavy atom. The van der Waals surface area contributed by atoms with E-state index in [0.29, 0.717) is 22.0 Å². The monoisotopic (exact) mass is 336 g/mol. The van der Waals surface area contributed by atoms with Gasteiger partial charge in [0.15, 0.2) is 5.69 Å². The third-order valence-electron chi connectivity index (χ3n) is 3.32. The summed E-state index contributed by atoms with van der Waals surface area (Å²) in [5, 5.41) is 4.89. The predicted octanol–water partition coefficient (Wildman–Crippen LogP) is 2.73. The van der Waals surface area contributed by atoms with Crippen molar-refractivity contribution in [3.05, 3.63) is 46.2 Å². The Morgan fingerprint density at radius 3 is 2.48 bits per heavy atom. The van der Waals surface area contributed by atoms with Crippen LogP contribution >= 0.6 is 11.6 Å². The van der Waals surface area contributed by atoms with Crippen LogP contribution in [0.1, 0.15) is 28.7 Å². The van der Waals surface area contributed by atoms with E-state index < -0.39 is 11.9 Å². The second kappa shape index (κ2) is 7.28. The minimum absolute atomic E-state index is 0.00261. The lowest BCUT2D eigenvalue weighted by Gasteiger charge is -2.07. The SMILES string of the molecule is CCOC(=O)c1nn(-c2ccc(Cl)cc2)c(CC(=O)OC)c1C. The van der Waals surface area contributed by atoms with Crippen molar-refractivity contribution in [3.63, 3.8) is 0 Å². The number of hydrogen-bond acceptors (Lipinski definition) is 5. The van der Waals surface area contributed by atoms with Crippen molar-refractivity contribution in [3.8, 4) is 5.69 Å². The number of hydrogen-bond donors (Lipinski definition) is 0. The molecule has 0 unspecified atom stereocenters. The summed E-state index contributed by atoms with van der Waals surface area (Å²) in [7, 11) is 1.31. The summed E-state index contributed by atoms with van der Waals surface area (Å²) in [5.41, 5.74) is 2.03. The summed E-state index contributed by atoms with van der Waals surface area (Å²) in [6.07, 6.45) is -0.00261. The minimum Gasteiger partial charge on any atom is -0.469 e.